The zero-order valence-electron chi connectivity index (χ0n) is 13.4. The molecule has 1 amide bonds. The first-order chi connectivity index (χ1) is 11.5. The number of nitrogens with zero attached hydrogens (tertiary/aromatic N) is 3. The summed E-state index contributed by atoms with van der Waals surface area (Å²) in [7, 11) is 0. The molecule has 0 saturated carbocycles. The first-order valence-electron chi connectivity index (χ1n) is 7.90. The molecular formula is C17H18F2N4O. The number of piperidine rings is 1. The summed E-state index contributed by atoms with van der Waals surface area (Å²) in [6.07, 6.45) is 3.37. The van der Waals surface area contributed by atoms with Gasteiger partial charge in [-0.25, -0.2) is 18.7 Å². The first kappa shape index (κ1) is 16.3. The standard InChI is InChI=1S/C17H18F2N4O/c1-11-20-15(10-16(21-11)23-7-3-2-4-8-23)17(24)22-14-6-5-12(18)9-13(14)19/h5-6,9-10H,2-4,7-8H2,1H3,(H,22,24). The maximum atomic E-state index is 13.7. The summed E-state index contributed by atoms with van der Waals surface area (Å²) >= 11 is 0. The monoisotopic (exact) mass is 332 g/mol. The number of carbonyl (C=O) groups is 1. The van der Waals surface area contributed by atoms with Crippen LogP contribution in [0.4, 0.5) is 20.3 Å². The van der Waals surface area contributed by atoms with Crippen molar-refractivity contribution in [2.24, 2.45) is 0 Å². The molecule has 2 aromatic rings. The Balaban J connectivity index is 1.82. The normalized spacial score (nSPS) is 14.5. The summed E-state index contributed by atoms with van der Waals surface area (Å²) in [4.78, 5) is 23.0. The highest BCUT2D eigenvalue weighted by Crippen LogP contribution is 2.20. The third kappa shape index (κ3) is 3.67. The van der Waals surface area contributed by atoms with Crippen molar-refractivity contribution >= 4 is 17.4 Å². The number of carbonyl (C=O) groups excluding carboxylic acids is 1. The fraction of sp³-hybridized carbons (Fsp3) is 0.353. The predicted octanol–water partition coefficient (Wildman–Crippen LogP) is 3.31. The molecule has 1 N–H and O–H groups in total. The van der Waals surface area contributed by atoms with E-state index in [1.54, 1.807) is 13.0 Å². The molecule has 0 aliphatic carbocycles. The molecule has 2 heterocycles. The van der Waals surface area contributed by atoms with Gasteiger partial charge in [-0.1, -0.05) is 0 Å². The first-order valence-corrected chi connectivity index (χ1v) is 7.90. The van der Waals surface area contributed by atoms with Crippen LogP contribution < -0.4 is 10.2 Å². The fourth-order valence-corrected chi connectivity index (χ4v) is 2.73. The van der Waals surface area contributed by atoms with Gasteiger partial charge in [0.1, 0.15) is 29.0 Å². The van der Waals surface area contributed by atoms with Crippen molar-refractivity contribution < 1.29 is 13.6 Å². The van der Waals surface area contributed by atoms with E-state index < -0.39 is 17.5 Å². The van der Waals surface area contributed by atoms with E-state index in [2.05, 4.69) is 20.2 Å². The zero-order chi connectivity index (χ0) is 17.1. The maximum absolute atomic E-state index is 13.7. The highest BCUT2D eigenvalue weighted by atomic mass is 19.1. The number of aryl methyl sites for hydroxylation is 1. The van der Waals surface area contributed by atoms with Crippen LogP contribution in [0.25, 0.3) is 0 Å². The van der Waals surface area contributed by atoms with Crippen molar-refractivity contribution in [2.75, 3.05) is 23.3 Å². The third-order valence-corrected chi connectivity index (χ3v) is 3.92. The second-order valence-electron chi connectivity index (χ2n) is 5.78. The van der Waals surface area contributed by atoms with E-state index in [1.807, 2.05) is 0 Å². The van der Waals surface area contributed by atoms with Gasteiger partial charge in [-0.15, -0.1) is 0 Å². The summed E-state index contributed by atoms with van der Waals surface area (Å²) in [5.74, 6) is -0.903. The van der Waals surface area contributed by atoms with Crippen molar-refractivity contribution in [1.82, 2.24) is 9.97 Å². The van der Waals surface area contributed by atoms with E-state index in [1.165, 1.54) is 12.5 Å². The molecule has 1 fully saturated rings. The number of rotatable bonds is 3. The molecule has 3 rings (SSSR count). The van der Waals surface area contributed by atoms with E-state index in [0.29, 0.717) is 11.6 Å². The molecule has 126 valence electrons. The molecule has 1 aromatic carbocycles. The summed E-state index contributed by atoms with van der Waals surface area (Å²) in [5.41, 5.74) is 0.0731. The summed E-state index contributed by atoms with van der Waals surface area (Å²) < 4.78 is 26.6. The molecule has 1 aliphatic heterocycles. The van der Waals surface area contributed by atoms with Crippen LogP contribution in [-0.4, -0.2) is 29.0 Å². The number of anilines is 2. The maximum Gasteiger partial charge on any atom is 0.274 e. The SMILES string of the molecule is Cc1nc(C(=O)Nc2ccc(F)cc2F)cc(N2CCCCC2)n1. The molecule has 0 bridgehead atoms. The van der Waals surface area contributed by atoms with E-state index in [9.17, 15) is 13.6 Å². The summed E-state index contributed by atoms with van der Waals surface area (Å²) in [6, 6.07) is 4.60. The lowest BCUT2D eigenvalue weighted by Crippen LogP contribution is -2.31. The van der Waals surface area contributed by atoms with Gasteiger partial charge in [0, 0.05) is 25.2 Å². The Morgan fingerprint density at radius 2 is 1.88 bits per heavy atom. The largest absolute Gasteiger partial charge is 0.356 e. The number of amides is 1. The Labute approximate surface area is 138 Å². The van der Waals surface area contributed by atoms with E-state index in [0.717, 1.165) is 38.1 Å². The van der Waals surface area contributed by atoms with Crippen LogP contribution in [0.3, 0.4) is 0 Å². The smallest absolute Gasteiger partial charge is 0.274 e. The van der Waals surface area contributed by atoms with Gasteiger partial charge in [0.25, 0.3) is 5.91 Å². The number of hydrogen-bond acceptors (Lipinski definition) is 4. The van der Waals surface area contributed by atoms with Crippen molar-refractivity contribution in [2.45, 2.75) is 26.2 Å². The van der Waals surface area contributed by atoms with Crippen molar-refractivity contribution in [3.05, 3.63) is 47.4 Å². The predicted molar refractivity (Wildman–Crippen MR) is 87.1 cm³/mol. The Bertz CT molecular complexity index is 760. The Kier molecular flexibility index (Phi) is 4.69. The van der Waals surface area contributed by atoms with Gasteiger partial charge in [0.15, 0.2) is 0 Å². The molecule has 0 unspecified atom stereocenters. The topological polar surface area (TPSA) is 58.1 Å². The molecule has 1 aromatic heterocycles. The second-order valence-corrected chi connectivity index (χ2v) is 5.78. The van der Waals surface area contributed by atoms with Gasteiger partial charge in [0.05, 0.1) is 5.69 Å². The Morgan fingerprint density at radius 1 is 1.12 bits per heavy atom. The number of nitrogens with one attached hydrogen (secondary N) is 1. The van der Waals surface area contributed by atoms with E-state index in [-0.39, 0.29) is 11.4 Å². The Hall–Kier alpha value is -2.57. The average molecular weight is 332 g/mol. The number of halogens is 2. The van der Waals surface area contributed by atoms with Gasteiger partial charge in [0.2, 0.25) is 0 Å². The van der Waals surface area contributed by atoms with Crippen LogP contribution >= 0.6 is 0 Å². The van der Waals surface area contributed by atoms with Crippen LogP contribution in [0.15, 0.2) is 24.3 Å². The lowest BCUT2D eigenvalue weighted by molar-refractivity contribution is 0.102. The van der Waals surface area contributed by atoms with Gasteiger partial charge in [-0.05, 0) is 38.3 Å². The molecule has 1 aliphatic rings. The van der Waals surface area contributed by atoms with Crippen molar-refractivity contribution in [3.63, 3.8) is 0 Å². The number of aromatic nitrogens is 2. The summed E-state index contributed by atoms with van der Waals surface area (Å²) in [6.45, 7) is 3.50. The highest BCUT2D eigenvalue weighted by molar-refractivity contribution is 6.03. The van der Waals surface area contributed by atoms with Crippen LogP contribution in [0, 0.1) is 18.6 Å². The molecular weight excluding hydrogens is 314 g/mol. The lowest BCUT2D eigenvalue weighted by Gasteiger charge is -2.28. The van der Waals surface area contributed by atoms with Crippen LogP contribution in [-0.2, 0) is 0 Å². The highest BCUT2D eigenvalue weighted by Gasteiger charge is 2.17. The minimum absolute atomic E-state index is 0.0859. The zero-order valence-corrected chi connectivity index (χ0v) is 13.4. The molecule has 5 nitrogen and oxygen atoms in total. The third-order valence-electron chi connectivity index (χ3n) is 3.92. The minimum Gasteiger partial charge on any atom is -0.356 e. The van der Waals surface area contributed by atoms with Gasteiger partial charge >= 0.3 is 0 Å². The number of hydrogen-bond donors (Lipinski definition) is 1. The summed E-state index contributed by atoms with van der Waals surface area (Å²) in [5, 5.41) is 2.42. The molecule has 0 atom stereocenters. The molecule has 7 heteroatoms. The van der Waals surface area contributed by atoms with Crippen LogP contribution in [0.2, 0.25) is 0 Å². The van der Waals surface area contributed by atoms with Gasteiger partial charge < -0.3 is 10.2 Å². The van der Waals surface area contributed by atoms with Gasteiger partial charge in [-0.2, -0.15) is 0 Å². The van der Waals surface area contributed by atoms with Crippen LogP contribution in [0.1, 0.15) is 35.6 Å². The average Bonchev–Trinajstić information content (AvgIpc) is 2.57. The Morgan fingerprint density at radius 3 is 2.58 bits per heavy atom. The second kappa shape index (κ2) is 6.90. The molecule has 0 spiro atoms. The van der Waals surface area contributed by atoms with E-state index >= 15 is 0 Å². The van der Waals surface area contributed by atoms with Crippen molar-refractivity contribution in [1.29, 1.82) is 0 Å². The molecule has 1 saturated heterocycles. The minimum atomic E-state index is -0.828. The molecule has 0 radical (unpaired) electrons. The van der Waals surface area contributed by atoms with Crippen molar-refractivity contribution in [3.8, 4) is 0 Å². The van der Waals surface area contributed by atoms with E-state index in [4.69, 9.17) is 0 Å². The lowest BCUT2D eigenvalue weighted by atomic mass is 10.1. The quantitative estimate of drug-likeness (QED) is 0.937. The van der Waals surface area contributed by atoms with Crippen LogP contribution in [0.5, 0.6) is 0 Å². The fourth-order valence-electron chi connectivity index (χ4n) is 2.73. The number of benzene rings is 1. The molecule has 24 heavy (non-hydrogen) atoms. The van der Waals surface area contributed by atoms with Gasteiger partial charge in [-0.3, -0.25) is 4.79 Å².